The van der Waals surface area contributed by atoms with Gasteiger partial charge in [0, 0.05) is 16.8 Å². The Labute approximate surface area is 115 Å². The monoisotopic (exact) mass is 309 g/mol. The second-order valence-electron chi connectivity index (χ2n) is 4.30. The highest BCUT2D eigenvalue weighted by Crippen LogP contribution is 2.20. The lowest BCUT2D eigenvalue weighted by atomic mass is 10.1. The Kier molecular flexibility index (Phi) is 4.49. The summed E-state index contributed by atoms with van der Waals surface area (Å²) in [6.07, 6.45) is 1.52. The number of rotatable bonds is 5. The van der Waals surface area contributed by atoms with Crippen LogP contribution in [0.4, 0.5) is 0 Å². The van der Waals surface area contributed by atoms with Crippen molar-refractivity contribution in [1.29, 1.82) is 0 Å². The lowest BCUT2D eigenvalue weighted by Crippen LogP contribution is -2.04. The van der Waals surface area contributed by atoms with Crippen molar-refractivity contribution in [2.75, 3.05) is 6.54 Å². The molecule has 96 valence electrons. The Morgan fingerprint density at radius 2 is 2.17 bits per heavy atom. The number of nitrogens with two attached hydrogens (primary N) is 1. The first-order valence-corrected chi connectivity index (χ1v) is 6.76. The second-order valence-corrected chi connectivity index (χ2v) is 5.15. The SMILES string of the molecule is CC(CCN)c1nc(Cc2ccccc2Br)no1. The summed E-state index contributed by atoms with van der Waals surface area (Å²) in [6, 6.07) is 8.04. The molecule has 2 N–H and O–H groups in total. The summed E-state index contributed by atoms with van der Waals surface area (Å²) in [4.78, 5) is 4.41. The van der Waals surface area contributed by atoms with Crippen molar-refractivity contribution in [3.63, 3.8) is 0 Å². The van der Waals surface area contributed by atoms with Crippen LogP contribution in [0.5, 0.6) is 0 Å². The third kappa shape index (κ3) is 3.17. The quantitative estimate of drug-likeness (QED) is 0.922. The Morgan fingerprint density at radius 3 is 2.89 bits per heavy atom. The summed E-state index contributed by atoms with van der Waals surface area (Å²) in [5.74, 6) is 1.60. The molecule has 1 aromatic carbocycles. The van der Waals surface area contributed by atoms with Gasteiger partial charge in [-0.1, -0.05) is 46.2 Å². The zero-order valence-electron chi connectivity index (χ0n) is 10.3. The Hall–Kier alpha value is -1.20. The van der Waals surface area contributed by atoms with E-state index in [1.54, 1.807) is 0 Å². The first-order valence-electron chi connectivity index (χ1n) is 5.96. The normalized spacial score (nSPS) is 12.6. The molecule has 0 aliphatic heterocycles. The predicted octanol–water partition coefficient (Wildman–Crippen LogP) is 2.88. The van der Waals surface area contributed by atoms with Crippen LogP contribution in [0.15, 0.2) is 33.3 Å². The van der Waals surface area contributed by atoms with Crippen LogP contribution in [0.25, 0.3) is 0 Å². The van der Waals surface area contributed by atoms with Gasteiger partial charge in [-0.3, -0.25) is 0 Å². The Bertz CT molecular complexity index is 512. The van der Waals surface area contributed by atoms with Crippen LogP contribution in [-0.4, -0.2) is 16.7 Å². The minimum Gasteiger partial charge on any atom is -0.339 e. The summed E-state index contributed by atoms with van der Waals surface area (Å²) in [5.41, 5.74) is 6.67. The van der Waals surface area contributed by atoms with Crippen LogP contribution >= 0.6 is 15.9 Å². The van der Waals surface area contributed by atoms with Gasteiger partial charge >= 0.3 is 0 Å². The minimum atomic E-state index is 0.218. The zero-order valence-corrected chi connectivity index (χ0v) is 11.9. The van der Waals surface area contributed by atoms with Gasteiger partial charge in [-0.25, -0.2) is 0 Å². The van der Waals surface area contributed by atoms with Crippen molar-refractivity contribution < 1.29 is 4.52 Å². The fourth-order valence-corrected chi connectivity index (χ4v) is 2.15. The largest absolute Gasteiger partial charge is 0.339 e. The van der Waals surface area contributed by atoms with Crippen LogP contribution in [0, 0.1) is 0 Å². The van der Waals surface area contributed by atoms with Crippen LogP contribution in [-0.2, 0) is 6.42 Å². The molecule has 1 unspecified atom stereocenters. The molecular weight excluding hydrogens is 294 g/mol. The van der Waals surface area contributed by atoms with Crippen LogP contribution in [0.1, 0.15) is 36.5 Å². The average molecular weight is 310 g/mol. The number of benzene rings is 1. The molecule has 1 heterocycles. The van der Waals surface area contributed by atoms with Crippen molar-refractivity contribution in [2.45, 2.75) is 25.7 Å². The maximum absolute atomic E-state index is 5.52. The molecule has 4 nitrogen and oxygen atoms in total. The molecule has 0 radical (unpaired) electrons. The topological polar surface area (TPSA) is 64.9 Å². The van der Waals surface area contributed by atoms with Crippen LogP contribution < -0.4 is 5.73 Å². The molecule has 2 rings (SSSR count). The van der Waals surface area contributed by atoms with Crippen LogP contribution in [0.3, 0.4) is 0 Å². The molecule has 0 amide bonds. The Balaban J connectivity index is 2.09. The molecule has 0 aliphatic carbocycles. The number of nitrogens with zero attached hydrogens (tertiary/aromatic N) is 2. The number of aromatic nitrogens is 2. The van der Waals surface area contributed by atoms with E-state index in [9.17, 15) is 0 Å². The van der Waals surface area contributed by atoms with E-state index in [-0.39, 0.29) is 5.92 Å². The molecular formula is C13H16BrN3O. The van der Waals surface area contributed by atoms with Gasteiger partial charge < -0.3 is 10.3 Å². The van der Waals surface area contributed by atoms with Crippen molar-refractivity contribution in [3.05, 3.63) is 46.0 Å². The van der Waals surface area contributed by atoms with Gasteiger partial charge in [0.25, 0.3) is 0 Å². The first kappa shape index (κ1) is 13.2. The maximum atomic E-state index is 5.52. The van der Waals surface area contributed by atoms with E-state index < -0.39 is 0 Å². The number of hydrogen-bond acceptors (Lipinski definition) is 4. The van der Waals surface area contributed by atoms with E-state index in [0.29, 0.717) is 24.7 Å². The van der Waals surface area contributed by atoms with E-state index in [2.05, 4.69) is 26.1 Å². The third-order valence-electron chi connectivity index (χ3n) is 2.81. The lowest BCUT2D eigenvalue weighted by molar-refractivity contribution is 0.351. The molecule has 0 spiro atoms. The van der Waals surface area contributed by atoms with E-state index in [4.69, 9.17) is 10.3 Å². The Morgan fingerprint density at radius 1 is 1.39 bits per heavy atom. The summed E-state index contributed by atoms with van der Waals surface area (Å²) in [5, 5.41) is 4.01. The maximum Gasteiger partial charge on any atom is 0.229 e. The molecule has 0 fully saturated rings. The molecule has 1 aromatic heterocycles. The van der Waals surface area contributed by atoms with Crippen molar-refractivity contribution in [3.8, 4) is 0 Å². The molecule has 0 bridgehead atoms. The van der Waals surface area contributed by atoms with Gasteiger partial charge in [0.05, 0.1) is 0 Å². The fraction of sp³-hybridized carbons (Fsp3) is 0.385. The molecule has 18 heavy (non-hydrogen) atoms. The highest BCUT2D eigenvalue weighted by atomic mass is 79.9. The van der Waals surface area contributed by atoms with E-state index in [1.807, 2.05) is 31.2 Å². The summed E-state index contributed by atoms with van der Waals surface area (Å²) in [7, 11) is 0. The van der Waals surface area contributed by atoms with Gasteiger partial charge in [0.2, 0.25) is 5.89 Å². The number of hydrogen-bond donors (Lipinski definition) is 1. The van der Waals surface area contributed by atoms with Crippen molar-refractivity contribution in [1.82, 2.24) is 10.1 Å². The van der Waals surface area contributed by atoms with Gasteiger partial charge in [-0.05, 0) is 24.6 Å². The van der Waals surface area contributed by atoms with Crippen molar-refractivity contribution in [2.24, 2.45) is 5.73 Å². The molecule has 2 aromatic rings. The highest BCUT2D eigenvalue weighted by Gasteiger charge is 2.14. The smallest absolute Gasteiger partial charge is 0.229 e. The lowest BCUT2D eigenvalue weighted by Gasteiger charge is -2.02. The summed E-state index contributed by atoms with van der Waals surface area (Å²) < 4.78 is 6.32. The van der Waals surface area contributed by atoms with Gasteiger partial charge in [0.15, 0.2) is 5.82 Å². The van der Waals surface area contributed by atoms with Gasteiger partial charge in [0.1, 0.15) is 0 Å². The third-order valence-corrected chi connectivity index (χ3v) is 3.59. The van der Waals surface area contributed by atoms with E-state index in [1.165, 1.54) is 0 Å². The van der Waals surface area contributed by atoms with E-state index in [0.717, 1.165) is 16.5 Å². The molecule has 0 aliphatic rings. The highest BCUT2D eigenvalue weighted by molar-refractivity contribution is 9.10. The molecule has 5 heteroatoms. The predicted molar refractivity (Wildman–Crippen MR) is 73.3 cm³/mol. The van der Waals surface area contributed by atoms with Crippen molar-refractivity contribution >= 4 is 15.9 Å². The first-order chi connectivity index (χ1) is 8.70. The minimum absolute atomic E-state index is 0.218. The van der Waals surface area contributed by atoms with Crippen LogP contribution in [0.2, 0.25) is 0 Å². The number of halogens is 1. The molecule has 1 atom stereocenters. The summed E-state index contributed by atoms with van der Waals surface area (Å²) in [6.45, 7) is 2.67. The van der Waals surface area contributed by atoms with Gasteiger partial charge in [-0.15, -0.1) is 0 Å². The summed E-state index contributed by atoms with van der Waals surface area (Å²) >= 11 is 3.51. The zero-order chi connectivity index (χ0) is 13.0. The fourth-order valence-electron chi connectivity index (χ4n) is 1.73. The standard InChI is InChI=1S/C13H16BrN3O/c1-9(6-7-15)13-16-12(17-18-13)8-10-4-2-3-5-11(10)14/h2-5,9H,6-8,15H2,1H3. The van der Waals surface area contributed by atoms with E-state index >= 15 is 0 Å². The second kappa shape index (κ2) is 6.11. The van der Waals surface area contributed by atoms with Gasteiger partial charge in [-0.2, -0.15) is 4.98 Å². The average Bonchev–Trinajstić information content (AvgIpc) is 2.81. The molecule has 0 saturated carbocycles. The molecule has 0 saturated heterocycles.